The van der Waals surface area contributed by atoms with Gasteiger partial charge in [-0.15, -0.1) is 0 Å². The van der Waals surface area contributed by atoms with Crippen molar-refractivity contribution >= 4 is 21.4 Å². The van der Waals surface area contributed by atoms with E-state index >= 15 is 0 Å². The van der Waals surface area contributed by atoms with E-state index in [-0.39, 0.29) is 0 Å². The lowest BCUT2D eigenvalue weighted by Gasteiger charge is -2.34. The van der Waals surface area contributed by atoms with Gasteiger partial charge in [-0.25, -0.2) is 0 Å². The first-order valence-electron chi connectivity index (χ1n) is 9.57. The second-order valence-corrected chi connectivity index (χ2v) is 7.82. The largest absolute Gasteiger partial charge is 0.448 e. The monoisotopic (exact) mass is 378 g/mol. The van der Waals surface area contributed by atoms with E-state index in [1.807, 2.05) is 0 Å². The summed E-state index contributed by atoms with van der Waals surface area (Å²) in [6, 6.07) is 0. The minimum absolute atomic E-state index is 0.812. The van der Waals surface area contributed by atoms with Crippen LogP contribution in [0.3, 0.4) is 0 Å². The Bertz CT molecular complexity index is 239. The van der Waals surface area contributed by atoms with Gasteiger partial charge in [0.1, 0.15) is 0 Å². The lowest BCUT2D eigenvalue weighted by Crippen LogP contribution is -2.27. The van der Waals surface area contributed by atoms with E-state index in [0.29, 0.717) is 0 Å². The van der Waals surface area contributed by atoms with Crippen LogP contribution in [-0.2, 0) is 0 Å². The van der Waals surface area contributed by atoms with E-state index in [1.54, 1.807) is 0 Å². The first kappa shape index (κ1) is 33.5. The molecular weight excluding hydrogens is 333 g/mol. The highest BCUT2D eigenvalue weighted by atomic mass is 16.4. The van der Waals surface area contributed by atoms with Crippen LogP contribution in [0, 0.1) is 35.5 Å². The van der Waals surface area contributed by atoms with Crippen LogP contribution in [0.15, 0.2) is 0 Å². The van der Waals surface area contributed by atoms with Gasteiger partial charge in [0.15, 0.2) is 0 Å². The quantitative estimate of drug-likeness (QED) is 0.408. The van der Waals surface area contributed by atoms with Crippen LogP contribution in [0.25, 0.3) is 0 Å². The highest BCUT2D eigenvalue weighted by molar-refractivity contribution is 6.39. The topological polar surface area (TPSA) is 121 Å². The van der Waals surface area contributed by atoms with Crippen molar-refractivity contribution in [3.8, 4) is 0 Å². The Balaban J connectivity index is -0.000000164. The third-order valence-electron chi connectivity index (χ3n) is 4.59. The van der Waals surface area contributed by atoms with Crippen molar-refractivity contribution in [2.24, 2.45) is 35.5 Å². The van der Waals surface area contributed by atoms with Crippen LogP contribution in [0.2, 0.25) is 20.5 Å². The van der Waals surface area contributed by atoms with Crippen LogP contribution in [-0.4, -0.2) is 51.5 Å². The van der Waals surface area contributed by atoms with Crippen LogP contribution >= 0.6 is 0 Å². The van der Waals surface area contributed by atoms with Crippen LogP contribution in [0.5, 0.6) is 0 Å². The smallest absolute Gasteiger partial charge is 0.427 e. The fourth-order valence-electron chi connectivity index (χ4n) is 2.17. The van der Waals surface area contributed by atoms with Gasteiger partial charge in [0.05, 0.1) is 0 Å². The Kier molecular flexibility index (Phi) is 25.4. The van der Waals surface area contributed by atoms with Gasteiger partial charge in [-0.05, 0) is 56.0 Å². The second kappa shape index (κ2) is 19.7. The Morgan fingerprint density at radius 3 is 0.577 bits per heavy atom. The number of hydrogen-bond donors (Lipinski definition) is 6. The summed E-state index contributed by atoms with van der Waals surface area (Å²) in [5, 5.41) is 45.7. The van der Waals surface area contributed by atoms with Crippen molar-refractivity contribution in [1.82, 2.24) is 0 Å². The molecule has 0 aliphatic rings. The number of hydrogen-bond acceptors (Lipinski definition) is 6. The van der Waals surface area contributed by atoms with Gasteiger partial charge >= 0.3 is 21.4 Å². The third kappa shape index (κ3) is 31.7. The summed E-state index contributed by atoms with van der Waals surface area (Å²) in [5.74, 6) is 4.98. The van der Waals surface area contributed by atoms with Crippen molar-refractivity contribution in [3.63, 3.8) is 0 Å². The maximum Gasteiger partial charge on any atom is 0.448 e. The van der Waals surface area contributed by atoms with Gasteiger partial charge in [0.2, 0.25) is 0 Å². The van der Waals surface area contributed by atoms with Crippen LogP contribution in [0.1, 0.15) is 55.4 Å². The van der Waals surface area contributed by atoms with E-state index in [2.05, 4.69) is 55.4 Å². The van der Waals surface area contributed by atoms with Gasteiger partial charge in [-0.1, -0.05) is 55.4 Å². The zero-order chi connectivity index (χ0) is 22.2. The molecule has 6 N–H and O–H groups in total. The molecule has 0 aromatic carbocycles. The molecule has 6 nitrogen and oxygen atoms in total. The van der Waals surface area contributed by atoms with Gasteiger partial charge in [-0.2, -0.15) is 0 Å². The molecular formula is C17H45B3O6. The first-order chi connectivity index (χ1) is 11.5. The molecule has 0 aromatic rings. The van der Waals surface area contributed by atoms with Crippen molar-refractivity contribution in [3.05, 3.63) is 0 Å². The highest BCUT2D eigenvalue weighted by Gasteiger charge is 2.26. The van der Waals surface area contributed by atoms with Crippen molar-refractivity contribution in [2.75, 3.05) is 0 Å². The molecule has 0 rings (SSSR count). The molecule has 4 unspecified atom stereocenters. The van der Waals surface area contributed by atoms with Gasteiger partial charge in [0.25, 0.3) is 0 Å². The summed E-state index contributed by atoms with van der Waals surface area (Å²) in [5.41, 5.74) is 0. The Labute approximate surface area is 163 Å². The van der Waals surface area contributed by atoms with E-state index < -0.39 is 21.4 Å². The molecule has 0 saturated heterocycles. The summed E-state index contributed by atoms with van der Waals surface area (Å²) < 4.78 is 0. The lowest BCUT2D eigenvalue weighted by molar-refractivity contribution is 0.150. The van der Waals surface area contributed by atoms with E-state index in [1.165, 1.54) is 20.5 Å². The minimum atomic E-state index is -1.17. The zero-order valence-electron chi connectivity index (χ0n) is 18.9. The summed E-state index contributed by atoms with van der Waals surface area (Å²) >= 11 is 0. The van der Waals surface area contributed by atoms with Crippen molar-refractivity contribution in [1.29, 1.82) is 0 Å². The standard InChI is InChI=1S/C14H30.3CH5BO2/c1-9(2)11(5)13(7)14(8)12(6)10(3)4;3*1-2(3)4/h9-14H,1-8H3;3*3-4H,1H3. The van der Waals surface area contributed by atoms with E-state index in [0.717, 1.165) is 35.5 Å². The Morgan fingerprint density at radius 2 is 0.500 bits per heavy atom. The average molecular weight is 378 g/mol. The fraction of sp³-hybridized carbons (Fsp3) is 1.00. The van der Waals surface area contributed by atoms with Gasteiger partial charge in [-0.3, -0.25) is 0 Å². The SMILES string of the molecule is CB(O)O.CB(O)O.CB(O)O.CC(C)C(C)C(C)C(C)C(C)C(C)C. The van der Waals surface area contributed by atoms with Gasteiger partial charge < -0.3 is 30.1 Å². The zero-order valence-corrected chi connectivity index (χ0v) is 18.9. The summed E-state index contributed by atoms with van der Waals surface area (Å²) in [6.07, 6.45) is 0. The molecule has 0 bridgehead atoms. The fourth-order valence-corrected chi connectivity index (χ4v) is 2.17. The molecule has 0 fully saturated rings. The third-order valence-corrected chi connectivity index (χ3v) is 4.59. The molecule has 0 saturated carbocycles. The maximum absolute atomic E-state index is 7.61. The van der Waals surface area contributed by atoms with Crippen LogP contribution < -0.4 is 0 Å². The molecule has 158 valence electrons. The second-order valence-electron chi connectivity index (χ2n) is 7.82. The molecule has 0 aliphatic carbocycles. The molecule has 0 aliphatic heterocycles. The minimum Gasteiger partial charge on any atom is -0.427 e. The molecule has 26 heavy (non-hydrogen) atoms. The van der Waals surface area contributed by atoms with E-state index in [9.17, 15) is 0 Å². The highest BCUT2D eigenvalue weighted by Crippen LogP contribution is 2.33. The molecule has 9 heteroatoms. The summed E-state index contributed by atoms with van der Waals surface area (Å²) in [4.78, 5) is 0. The summed E-state index contributed by atoms with van der Waals surface area (Å²) in [6.45, 7) is 22.9. The Hall–Kier alpha value is -0.0452. The molecule has 0 radical (unpaired) electrons. The molecule has 0 heterocycles. The predicted molar refractivity (Wildman–Crippen MR) is 114 cm³/mol. The first-order valence-corrected chi connectivity index (χ1v) is 9.57. The van der Waals surface area contributed by atoms with Crippen LogP contribution in [0.4, 0.5) is 0 Å². The number of rotatable bonds is 5. The van der Waals surface area contributed by atoms with Gasteiger partial charge in [0, 0.05) is 0 Å². The molecule has 4 atom stereocenters. The van der Waals surface area contributed by atoms with E-state index in [4.69, 9.17) is 30.1 Å². The maximum atomic E-state index is 7.61. The molecule has 0 aromatic heterocycles. The molecule has 0 amide bonds. The predicted octanol–water partition coefficient (Wildman–Crippen LogP) is 2.11. The lowest BCUT2D eigenvalue weighted by atomic mass is 9.72. The van der Waals surface area contributed by atoms with Crippen molar-refractivity contribution < 1.29 is 30.1 Å². The average Bonchev–Trinajstić information content (AvgIpc) is 2.41. The van der Waals surface area contributed by atoms with Crippen molar-refractivity contribution in [2.45, 2.75) is 75.9 Å². The Morgan fingerprint density at radius 1 is 0.385 bits per heavy atom. The summed E-state index contributed by atoms with van der Waals surface area (Å²) in [7, 11) is -3.50. The molecule has 0 spiro atoms. The normalized spacial score (nSPS) is 14.4.